The van der Waals surface area contributed by atoms with Crippen LogP contribution >= 0.6 is 0 Å². The molecule has 0 radical (unpaired) electrons. The molecule has 40 heavy (non-hydrogen) atoms. The van der Waals surface area contributed by atoms with Crippen LogP contribution in [0.15, 0.2) is 97.1 Å². The molecule has 1 unspecified atom stereocenters. The number of para-hydroxylation sites is 1. The van der Waals surface area contributed by atoms with E-state index in [1.807, 2.05) is 60.7 Å². The van der Waals surface area contributed by atoms with E-state index in [1.54, 1.807) is 26.4 Å². The number of methoxy groups -OCH3 is 2. The largest absolute Gasteiger partial charge is 0.497 e. The molecule has 0 saturated carbocycles. The maximum absolute atomic E-state index is 11.2. The molecule has 0 aliphatic carbocycles. The lowest BCUT2D eigenvalue weighted by Gasteiger charge is -2.21. The van der Waals surface area contributed by atoms with Crippen molar-refractivity contribution < 1.29 is 24.1 Å². The zero-order chi connectivity index (χ0) is 28.2. The van der Waals surface area contributed by atoms with Gasteiger partial charge in [-0.25, -0.2) is 0 Å². The smallest absolute Gasteiger partial charge is 0.211 e. The van der Waals surface area contributed by atoms with Gasteiger partial charge in [-0.15, -0.1) is 0 Å². The Morgan fingerprint density at radius 2 is 1.43 bits per heavy atom. The zero-order valence-electron chi connectivity index (χ0n) is 22.9. The SMILES string of the molecule is COc1ccc(C(CCNCC(O)c2cccc(NC=O)c2OCc2ccccc2)c2ccc(OC)cc2)cc1. The fraction of sp³-hybridized carbons (Fsp3) is 0.242. The Morgan fingerprint density at radius 3 is 2.00 bits per heavy atom. The molecule has 0 heterocycles. The van der Waals surface area contributed by atoms with Gasteiger partial charge in [0.15, 0.2) is 0 Å². The van der Waals surface area contributed by atoms with Gasteiger partial charge in [-0.3, -0.25) is 4.79 Å². The Labute approximate surface area is 235 Å². The molecule has 4 rings (SSSR count). The fourth-order valence-electron chi connectivity index (χ4n) is 4.68. The maximum atomic E-state index is 11.2. The van der Waals surface area contributed by atoms with Crippen molar-refractivity contribution >= 4 is 12.1 Å². The van der Waals surface area contributed by atoms with E-state index < -0.39 is 6.10 Å². The van der Waals surface area contributed by atoms with Gasteiger partial charge in [-0.1, -0.05) is 66.7 Å². The molecular weight excluding hydrogens is 504 g/mol. The highest BCUT2D eigenvalue weighted by Crippen LogP contribution is 2.34. The Morgan fingerprint density at radius 1 is 0.800 bits per heavy atom. The number of anilines is 1. The number of aliphatic hydroxyl groups excluding tert-OH is 1. The van der Waals surface area contributed by atoms with Gasteiger partial charge in [0.2, 0.25) is 6.41 Å². The molecule has 0 aliphatic heterocycles. The molecule has 7 nitrogen and oxygen atoms in total. The van der Waals surface area contributed by atoms with E-state index in [1.165, 1.54) is 11.1 Å². The number of hydrogen-bond acceptors (Lipinski definition) is 6. The van der Waals surface area contributed by atoms with Crippen molar-refractivity contribution in [2.75, 3.05) is 32.6 Å². The molecule has 208 valence electrons. The molecule has 0 fully saturated rings. The first kappa shape index (κ1) is 28.7. The Bertz CT molecular complexity index is 1280. The number of carbonyl (C=O) groups is 1. The average Bonchev–Trinajstić information content (AvgIpc) is 3.01. The number of nitrogens with one attached hydrogen (secondary N) is 2. The van der Waals surface area contributed by atoms with Gasteiger partial charge in [-0.2, -0.15) is 0 Å². The summed E-state index contributed by atoms with van der Waals surface area (Å²) in [6.45, 7) is 1.31. The molecule has 0 aromatic heterocycles. The van der Waals surface area contributed by atoms with E-state index in [0.29, 0.717) is 43.1 Å². The van der Waals surface area contributed by atoms with Crippen LogP contribution < -0.4 is 24.8 Å². The van der Waals surface area contributed by atoms with Crippen molar-refractivity contribution in [1.29, 1.82) is 0 Å². The van der Waals surface area contributed by atoms with Crippen LogP contribution in [0.3, 0.4) is 0 Å². The van der Waals surface area contributed by atoms with Gasteiger partial charge in [0.25, 0.3) is 0 Å². The molecule has 1 amide bonds. The second-order valence-corrected chi connectivity index (χ2v) is 9.37. The standard InChI is InChI=1S/C33H36N2O5/c1-38-27-15-11-25(12-16-27)29(26-13-17-28(39-2)18-14-26)19-20-34-21-32(37)30-9-6-10-31(35-23-36)33(30)40-22-24-7-4-3-5-8-24/h3-18,23,29,32,34,37H,19-22H2,1-2H3,(H,35,36). The first-order valence-corrected chi connectivity index (χ1v) is 13.3. The lowest BCUT2D eigenvalue weighted by molar-refractivity contribution is -0.105. The van der Waals surface area contributed by atoms with Crippen molar-refractivity contribution in [3.63, 3.8) is 0 Å². The van der Waals surface area contributed by atoms with E-state index in [-0.39, 0.29) is 5.92 Å². The summed E-state index contributed by atoms with van der Waals surface area (Å²) < 4.78 is 16.8. The second kappa shape index (κ2) is 14.7. The zero-order valence-corrected chi connectivity index (χ0v) is 22.9. The number of carbonyl (C=O) groups excluding carboxylic acids is 1. The average molecular weight is 541 g/mol. The topological polar surface area (TPSA) is 89.1 Å². The van der Waals surface area contributed by atoms with Crippen molar-refractivity contribution in [3.05, 3.63) is 119 Å². The molecule has 0 spiro atoms. The minimum atomic E-state index is -0.834. The molecule has 0 saturated heterocycles. The van der Waals surface area contributed by atoms with Crippen LogP contribution in [0, 0.1) is 0 Å². The van der Waals surface area contributed by atoms with Gasteiger partial charge >= 0.3 is 0 Å². The summed E-state index contributed by atoms with van der Waals surface area (Å²) in [5, 5.41) is 17.2. The number of hydrogen-bond donors (Lipinski definition) is 3. The van der Waals surface area contributed by atoms with E-state index in [2.05, 4.69) is 34.9 Å². The summed E-state index contributed by atoms with van der Waals surface area (Å²) in [5.74, 6) is 2.23. The van der Waals surface area contributed by atoms with Crippen molar-refractivity contribution in [3.8, 4) is 17.2 Å². The van der Waals surface area contributed by atoms with Gasteiger partial charge in [0.05, 0.1) is 26.0 Å². The quantitative estimate of drug-likeness (QED) is 0.133. The summed E-state index contributed by atoms with van der Waals surface area (Å²) in [5.41, 5.74) is 4.47. The van der Waals surface area contributed by atoms with Gasteiger partial charge < -0.3 is 30.0 Å². The molecule has 3 N–H and O–H groups in total. The lowest BCUT2D eigenvalue weighted by Crippen LogP contribution is -2.24. The molecule has 4 aromatic rings. The second-order valence-electron chi connectivity index (χ2n) is 9.37. The monoisotopic (exact) mass is 540 g/mol. The summed E-state index contributed by atoms with van der Waals surface area (Å²) in [7, 11) is 3.32. The van der Waals surface area contributed by atoms with Gasteiger partial charge in [0.1, 0.15) is 23.9 Å². The summed E-state index contributed by atoms with van der Waals surface area (Å²) in [6.07, 6.45) is 0.590. The molecule has 0 aliphatic rings. The Kier molecular flexibility index (Phi) is 10.6. The number of amides is 1. The molecule has 7 heteroatoms. The van der Waals surface area contributed by atoms with Crippen LogP contribution in [0.5, 0.6) is 17.2 Å². The predicted molar refractivity (Wildman–Crippen MR) is 157 cm³/mol. The summed E-state index contributed by atoms with van der Waals surface area (Å²) >= 11 is 0. The predicted octanol–water partition coefficient (Wildman–Crippen LogP) is 5.70. The summed E-state index contributed by atoms with van der Waals surface area (Å²) in [6, 6.07) is 31.4. The number of ether oxygens (including phenoxy) is 3. The van der Waals surface area contributed by atoms with E-state index in [9.17, 15) is 9.90 Å². The van der Waals surface area contributed by atoms with E-state index in [4.69, 9.17) is 14.2 Å². The highest BCUT2D eigenvalue weighted by Gasteiger charge is 2.19. The molecule has 0 bridgehead atoms. The van der Waals surface area contributed by atoms with Crippen LogP contribution in [-0.2, 0) is 11.4 Å². The fourth-order valence-corrected chi connectivity index (χ4v) is 4.68. The lowest BCUT2D eigenvalue weighted by atomic mass is 9.88. The van der Waals surface area contributed by atoms with E-state index in [0.717, 1.165) is 23.5 Å². The third kappa shape index (κ3) is 7.62. The van der Waals surface area contributed by atoms with Crippen LogP contribution in [0.4, 0.5) is 5.69 Å². The van der Waals surface area contributed by atoms with Crippen molar-refractivity contribution in [2.24, 2.45) is 0 Å². The highest BCUT2D eigenvalue weighted by molar-refractivity contribution is 5.76. The van der Waals surface area contributed by atoms with Crippen molar-refractivity contribution in [2.45, 2.75) is 25.0 Å². The first-order chi connectivity index (χ1) is 19.6. The summed E-state index contributed by atoms with van der Waals surface area (Å²) in [4.78, 5) is 11.2. The number of rotatable bonds is 15. The maximum Gasteiger partial charge on any atom is 0.211 e. The van der Waals surface area contributed by atoms with Crippen molar-refractivity contribution in [1.82, 2.24) is 5.32 Å². The number of benzene rings is 4. The Hall–Kier alpha value is -4.33. The minimum Gasteiger partial charge on any atom is -0.497 e. The van der Waals surface area contributed by atoms with Crippen LogP contribution in [0.25, 0.3) is 0 Å². The Balaban J connectivity index is 1.43. The number of aliphatic hydroxyl groups is 1. The van der Waals surface area contributed by atoms with E-state index >= 15 is 0 Å². The molecule has 1 atom stereocenters. The van der Waals surface area contributed by atoms with Crippen LogP contribution in [-0.4, -0.2) is 38.8 Å². The van der Waals surface area contributed by atoms with Crippen LogP contribution in [0.2, 0.25) is 0 Å². The normalized spacial score (nSPS) is 11.6. The third-order valence-electron chi connectivity index (χ3n) is 6.83. The van der Waals surface area contributed by atoms with Gasteiger partial charge in [0, 0.05) is 18.0 Å². The molecule has 4 aromatic carbocycles. The highest BCUT2D eigenvalue weighted by atomic mass is 16.5. The third-order valence-corrected chi connectivity index (χ3v) is 6.83. The van der Waals surface area contributed by atoms with Gasteiger partial charge in [-0.05, 0) is 60.0 Å². The van der Waals surface area contributed by atoms with Crippen LogP contribution in [0.1, 0.15) is 40.7 Å². The minimum absolute atomic E-state index is 0.145. The molecular formula is C33H36N2O5. The first-order valence-electron chi connectivity index (χ1n) is 13.3.